The summed E-state index contributed by atoms with van der Waals surface area (Å²) < 4.78 is 5.62. The van der Waals surface area contributed by atoms with Crippen LogP contribution >= 0.6 is 0 Å². The van der Waals surface area contributed by atoms with Crippen LogP contribution in [0, 0.1) is 12.3 Å². The van der Waals surface area contributed by atoms with E-state index in [4.69, 9.17) is 4.74 Å². The summed E-state index contributed by atoms with van der Waals surface area (Å²) in [6.45, 7) is 10.8. The molecule has 1 aliphatic heterocycles. The summed E-state index contributed by atoms with van der Waals surface area (Å²) in [5.74, 6) is 0.0510. The number of amides is 1. The minimum Gasteiger partial charge on any atom is -0.375 e. The molecule has 0 spiro atoms. The van der Waals surface area contributed by atoms with Crippen molar-refractivity contribution in [3.63, 3.8) is 0 Å². The summed E-state index contributed by atoms with van der Waals surface area (Å²) in [5, 5.41) is 6.46. The summed E-state index contributed by atoms with van der Waals surface area (Å²) in [5.41, 5.74) is 2.32. The Morgan fingerprint density at radius 2 is 2.23 bits per heavy atom. The average molecular weight is 304 g/mol. The molecule has 1 aromatic carbocycles. The highest BCUT2D eigenvalue weighted by atomic mass is 16.5. The van der Waals surface area contributed by atoms with Gasteiger partial charge in [-0.25, -0.2) is 0 Å². The van der Waals surface area contributed by atoms with E-state index in [-0.39, 0.29) is 23.5 Å². The number of morpholine rings is 1. The quantitative estimate of drug-likeness (QED) is 0.899. The second kappa shape index (κ2) is 7.25. The van der Waals surface area contributed by atoms with Crippen LogP contribution in [-0.2, 0) is 9.53 Å². The summed E-state index contributed by atoms with van der Waals surface area (Å²) in [6.07, 6.45) is 0.387. The van der Waals surface area contributed by atoms with Crippen LogP contribution in [0.4, 0.5) is 0 Å². The first kappa shape index (κ1) is 17.0. The van der Waals surface area contributed by atoms with Crippen LogP contribution in [0.25, 0.3) is 0 Å². The molecule has 0 bridgehead atoms. The van der Waals surface area contributed by atoms with Gasteiger partial charge in [-0.3, -0.25) is 4.79 Å². The molecule has 0 unspecified atom stereocenters. The number of nitrogens with one attached hydrogen (secondary N) is 2. The Bertz CT molecular complexity index is 502. The number of rotatable bonds is 4. The van der Waals surface area contributed by atoms with E-state index < -0.39 is 0 Å². The first-order valence-corrected chi connectivity index (χ1v) is 8.04. The maximum Gasteiger partial charge on any atom is 0.223 e. The second-order valence-corrected chi connectivity index (χ2v) is 7.18. The van der Waals surface area contributed by atoms with Gasteiger partial charge in [-0.1, -0.05) is 50.6 Å². The van der Waals surface area contributed by atoms with Crippen LogP contribution in [0.3, 0.4) is 0 Å². The number of hydrogen-bond donors (Lipinski definition) is 2. The molecule has 1 aliphatic rings. The molecule has 1 fully saturated rings. The zero-order valence-corrected chi connectivity index (χ0v) is 14.1. The lowest BCUT2D eigenvalue weighted by molar-refractivity contribution is -0.126. The Kier molecular flexibility index (Phi) is 5.59. The van der Waals surface area contributed by atoms with Gasteiger partial charge in [0.2, 0.25) is 5.91 Å². The van der Waals surface area contributed by atoms with Crippen molar-refractivity contribution in [2.45, 2.75) is 46.3 Å². The fourth-order valence-electron chi connectivity index (χ4n) is 2.83. The van der Waals surface area contributed by atoms with Crippen molar-refractivity contribution in [2.24, 2.45) is 5.41 Å². The molecule has 4 nitrogen and oxygen atoms in total. The predicted octanol–water partition coefficient (Wildman–Crippen LogP) is 2.58. The highest BCUT2D eigenvalue weighted by Crippen LogP contribution is 2.33. The largest absolute Gasteiger partial charge is 0.375 e. The molecule has 2 rings (SSSR count). The first-order valence-electron chi connectivity index (χ1n) is 8.04. The molecule has 2 N–H and O–H groups in total. The van der Waals surface area contributed by atoms with Gasteiger partial charge >= 0.3 is 0 Å². The molecule has 22 heavy (non-hydrogen) atoms. The van der Waals surface area contributed by atoms with Crippen LogP contribution in [0.1, 0.15) is 44.4 Å². The SMILES string of the molecule is Cc1cccc([C@H](NC(=O)C[C@H]2CNCCO2)C(C)(C)C)c1. The highest BCUT2D eigenvalue weighted by Gasteiger charge is 2.29. The fourth-order valence-corrected chi connectivity index (χ4v) is 2.83. The molecular formula is C18H28N2O2. The van der Waals surface area contributed by atoms with Gasteiger partial charge in [-0.2, -0.15) is 0 Å². The van der Waals surface area contributed by atoms with Crippen LogP contribution < -0.4 is 10.6 Å². The molecule has 4 heteroatoms. The Balaban J connectivity index is 2.05. The molecule has 0 aliphatic carbocycles. The Morgan fingerprint density at radius 3 is 2.82 bits per heavy atom. The van der Waals surface area contributed by atoms with Crippen LogP contribution in [0.5, 0.6) is 0 Å². The average Bonchev–Trinajstić information content (AvgIpc) is 2.44. The van der Waals surface area contributed by atoms with Gasteiger partial charge in [-0.05, 0) is 17.9 Å². The minimum atomic E-state index is -0.0465. The third kappa shape index (κ3) is 4.82. The van der Waals surface area contributed by atoms with Crippen LogP contribution in [0.15, 0.2) is 24.3 Å². The molecule has 2 atom stereocenters. The van der Waals surface area contributed by atoms with Crippen molar-refractivity contribution in [1.29, 1.82) is 0 Å². The minimum absolute atomic E-state index is 0.00329. The Labute approximate surface area is 133 Å². The lowest BCUT2D eigenvalue weighted by atomic mass is 9.82. The van der Waals surface area contributed by atoms with Gasteiger partial charge < -0.3 is 15.4 Å². The molecule has 0 radical (unpaired) electrons. The highest BCUT2D eigenvalue weighted by molar-refractivity contribution is 5.77. The number of aryl methyl sites for hydroxylation is 1. The van der Waals surface area contributed by atoms with Gasteiger partial charge in [0.15, 0.2) is 0 Å². The second-order valence-electron chi connectivity index (χ2n) is 7.18. The number of carbonyl (C=O) groups is 1. The molecule has 1 heterocycles. The molecular weight excluding hydrogens is 276 g/mol. The maximum absolute atomic E-state index is 12.4. The van der Waals surface area contributed by atoms with Crippen molar-refractivity contribution in [3.8, 4) is 0 Å². The summed E-state index contributed by atoms with van der Waals surface area (Å²) in [7, 11) is 0. The van der Waals surface area contributed by atoms with E-state index in [9.17, 15) is 4.79 Å². The van der Waals surface area contributed by atoms with Crippen LogP contribution in [0.2, 0.25) is 0 Å². The van der Waals surface area contributed by atoms with E-state index >= 15 is 0 Å². The topological polar surface area (TPSA) is 50.4 Å². The van der Waals surface area contributed by atoms with E-state index in [1.807, 2.05) is 6.07 Å². The van der Waals surface area contributed by atoms with E-state index in [0.717, 1.165) is 18.7 Å². The molecule has 1 amide bonds. The predicted molar refractivity (Wildman–Crippen MR) is 88.7 cm³/mol. The lowest BCUT2D eigenvalue weighted by Gasteiger charge is -2.33. The molecule has 1 saturated heterocycles. The molecule has 122 valence electrons. The standard InChI is InChI=1S/C18H28N2O2/c1-13-6-5-7-14(10-13)17(18(2,3)4)20-16(21)11-15-12-19-8-9-22-15/h5-7,10,15,17,19H,8-9,11-12H2,1-4H3,(H,20,21)/t15-,17-/m0/s1. The van der Waals surface area contributed by atoms with Crippen molar-refractivity contribution in [1.82, 2.24) is 10.6 Å². The van der Waals surface area contributed by atoms with E-state index in [1.54, 1.807) is 0 Å². The van der Waals surface area contributed by atoms with E-state index in [2.05, 4.69) is 56.5 Å². The fraction of sp³-hybridized carbons (Fsp3) is 0.611. The smallest absolute Gasteiger partial charge is 0.223 e. The number of ether oxygens (including phenoxy) is 1. The van der Waals surface area contributed by atoms with E-state index in [1.165, 1.54) is 5.56 Å². The van der Waals surface area contributed by atoms with Gasteiger partial charge in [-0.15, -0.1) is 0 Å². The van der Waals surface area contributed by atoms with Gasteiger partial charge in [0.25, 0.3) is 0 Å². The third-order valence-electron chi connectivity index (χ3n) is 3.96. The molecule has 1 aromatic rings. The third-order valence-corrected chi connectivity index (χ3v) is 3.96. The van der Waals surface area contributed by atoms with Crippen LogP contribution in [-0.4, -0.2) is 31.7 Å². The van der Waals surface area contributed by atoms with Gasteiger partial charge in [0.05, 0.1) is 25.2 Å². The summed E-state index contributed by atoms with van der Waals surface area (Å²) >= 11 is 0. The van der Waals surface area contributed by atoms with Gasteiger partial charge in [0.1, 0.15) is 0 Å². The monoisotopic (exact) mass is 304 g/mol. The summed E-state index contributed by atoms with van der Waals surface area (Å²) in [6, 6.07) is 8.35. The van der Waals surface area contributed by atoms with Crippen molar-refractivity contribution in [3.05, 3.63) is 35.4 Å². The summed E-state index contributed by atoms with van der Waals surface area (Å²) in [4.78, 5) is 12.4. The maximum atomic E-state index is 12.4. The lowest BCUT2D eigenvalue weighted by Crippen LogP contribution is -2.43. The zero-order valence-electron chi connectivity index (χ0n) is 14.1. The first-order chi connectivity index (χ1) is 10.4. The Hall–Kier alpha value is -1.39. The van der Waals surface area contributed by atoms with Gasteiger partial charge in [0, 0.05) is 13.1 Å². The normalized spacial score (nSPS) is 20.5. The Morgan fingerprint density at radius 1 is 1.45 bits per heavy atom. The number of carbonyl (C=O) groups excluding carboxylic acids is 1. The molecule has 0 aromatic heterocycles. The van der Waals surface area contributed by atoms with Crippen molar-refractivity contribution in [2.75, 3.05) is 19.7 Å². The van der Waals surface area contributed by atoms with Crippen molar-refractivity contribution >= 4 is 5.91 Å². The van der Waals surface area contributed by atoms with Crippen molar-refractivity contribution < 1.29 is 9.53 Å². The number of hydrogen-bond acceptors (Lipinski definition) is 3. The number of benzene rings is 1. The zero-order chi connectivity index (χ0) is 16.2. The molecule has 0 saturated carbocycles. The van der Waals surface area contributed by atoms with E-state index in [0.29, 0.717) is 13.0 Å².